The maximum atomic E-state index is 12.8. The Kier molecular flexibility index (Phi) is 7.72. The molecule has 4 aromatic rings. The summed E-state index contributed by atoms with van der Waals surface area (Å²) >= 11 is 0. The van der Waals surface area contributed by atoms with Crippen LogP contribution >= 0.6 is 0 Å². The zero-order valence-corrected chi connectivity index (χ0v) is 21.9. The summed E-state index contributed by atoms with van der Waals surface area (Å²) in [6.45, 7) is 4.73. The van der Waals surface area contributed by atoms with E-state index >= 15 is 0 Å². The molecule has 0 spiro atoms. The summed E-state index contributed by atoms with van der Waals surface area (Å²) in [6, 6.07) is 24.8. The molecule has 1 aliphatic rings. The third-order valence-corrected chi connectivity index (χ3v) is 6.76. The van der Waals surface area contributed by atoms with E-state index in [9.17, 15) is 19.7 Å². The molecule has 1 aliphatic heterocycles. The number of piperazine rings is 1. The lowest BCUT2D eigenvalue weighted by Crippen LogP contribution is -2.48. The topological polar surface area (TPSA) is 109 Å². The molecule has 0 atom stereocenters. The molecule has 1 fully saturated rings. The van der Waals surface area contributed by atoms with Crippen molar-refractivity contribution in [3.05, 3.63) is 118 Å². The Labute approximate surface area is 231 Å². The Bertz CT molecular complexity index is 1550. The molecule has 1 aromatic heterocycles. The Balaban J connectivity index is 1.13. The number of para-hydroxylation sites is 1. The molecule has 0 radical (unpaired) electrons. The zero-order valence-electron chi connectivity index (χ0n) is 21.9. The van der Waals surface area contributed by atoms with Crippen molar-refractivity contribution in [2.45, 2.75) is 6.92 Å². The van der Waals surface area contributed by atoms with Gasteiger partial charge in [0.15, 0.2) is 0 Å². The minimum Gasteiger partial charge on any atom is -0.456 e. The third kappa shape index (κ3) is 6.10. The van der Waals surface area contributed by atoms with Crippen molar-refractivity contribution in [1.29, 1.82) is 0 Å². The quantitative estimate of drug-likeness (QED) is 0.182. The number of rotatable bonds is 7. The maximum Gasteiger partial charge on any atom is 0.280 e. The van der Waals surface area contributed by atoms with Gasteiger partial charge in [-0.2, -0.15) is 0 Å². The predicted octanol–water partition coefficient (Wildman–Crippen LogP) is 5.78. The van der Waals surface area contributed by atoms with Gasteiger partial charge in [0.1, 0.15) is 11.5 Å². The molecule has 202 valence electrons. The fraction of sp³-hybridized carbons (Fsp3) is 0.161. The van der Waals surface area contributed by atoms with Gasteiger partial charge in [0.25, 0.3) is 11.6 Å². The van der Waals surface area contributed by atoms with Crippen LogP contribution in [0, 0.1) is 17.0 Å². The molecular formula is C31H28N4O5. The number of hydrogen-bond donors (Lipinski definition) is 1. The van der Waals surface area contributed by atoms with Crippen molar-refractivity contribution in [2.75, 3.05) is 36.4 Å². The Morgan fingerprint density at radius 3 is 2.30 bits per heavy atom. The molecule has 9 heteroatoms. The number of hydrogen-bond acceptors (Lipinski definition) is 6. The number of nitro groups is 1. The maximum absolute atomic E-state index is 12.8. The van der Waals surface area contributed by atoms with Crippen LogP contribution in [0.25, 0.3) is 17.4 Å². The normalized spacial score (nSPS) is 13.4. The van der Waals surface area contributed by atoms with Gasteiger partial charge < -0.3 is 19.5 Å². The molecule has 0 bridgehead atoms. The molecule has 5 rings (SSSR count). The highest BCUT2D eigenvalue weighted by molar-refractivity contribution is 6.01. The van der Waals surface area contributed by atoms with E-state index in [4.69, 9.17) is 4.42 Å². The molecule has 0 saturated carbocycles. The lowest BCUT2D eigenvalue weighted by Gasteiger charge is -2.36. The molecule has 0 aliphatic carbocycles. The second-order valence-corrected chi connectivity index (χ2v) is 9.49. The van der Waals surface area contributed by atoms with Crippen LogP contribution in [0.1, 0.15) is 21.7 Å². The number of anilines is 2. The predicted molar refractivity (Wildman–Crippen MR) is 154 cm³/mol. The second kappa shape index (κ2) is 11.7. The van der Waals surface area contributed by atoms with Crippen LogP contribution in [0.5, 0.6) is 0 Å². The van der Waals surface area contributed by atoms with E-state index in [-0.39, 0.29) is 17.5 Å². The number of furan rings is 1. The Hall–Kier alpha value is -5.18. The smallest absolute Gasteiger partial charge is 0.280 e. The molecule has 2 amide bonds. The van der Waals surface area contributed by atoms with Gasteiger partial charge in [0.2, 0.25) is 5.91 Å². The number of nitrogens with one attached hydrogen (secondary N) is 1. The van der Waals surface area contributed by atoms with Crippen molar-refractivity contribution in [2.24, 2.45) is 0 Å². The summed E-state index contributed by atoms with van der Waals surface area (Å²) < 4.78 is 5.69. The standard InChI is InChI=1S/C31H28N4O5/c1-22-6-8-23(9-7-22)31(37)34-20-18-33(19-21-34)25-12-10-24(11-13-25)32-30(36)17-15-26-14-16-29(40-26)27-4-2-3-5-28(27)35(38)39/h2-17H,18-21H2,1H3,(H,32,36). The molecule has 2 heterocycles. The summed E-state index contributed by atoms with van der Waals surface area (Å²) in [5.41, 5.74) is 3.82. The Morgan fingerprint density at radius 2 is 1.60 bits per heavy atom. The number of nitro benzene ring substituents is 1. The van der Waals surface area contributed by atoms with E-state index in [0.29, 0.717) is 41.4 Å². The first kappa shape index (κ1) is 26.4. The third-order valence-electron chi connectivity index (χ3n) is 6.76. The highest BCUT2D eigenvalue weighted by Crippen LogP contribution is 2.31. The summed E-state index contributed by atoms with van der Waals surface area (Å²) in [4.78, 5) is 40.1. The summed E-state index contributed by atoms with van der Waals surface area (Å²) in [7, 11) is 0. The fourth-order valence-electron chi connectivity index (χ4n) is 4.57. The number of benzene rings is 3. The van der Waals surface area contributed by atoms with Crippen LogP contribution in [-0.4, -0.2) is 47.8 Å². The van der Waals surface area contributed by atoms with Crippen molar-refractivity contribution in [3.63, 3.8) is 0 Å². The van der Waals surface area contributed by atoms with E-state index in [2.05, 4.69) is 10.2 Å². The number of aryl methyl sites for hydroxylation is 1. The number of amides is 2. The molecule has 0 unspecified atom stereocenters. The van der Waals surface area contributed by atoms with Gasteiger partial charge in [0, 0.05) is 55.3 Å². The van der Waals surface area contributed by atoms with Gasteiger partial charge in [0.05, 0.1) is 10.5 Å². The van der Waals surface area contributed by atoms with Crippen LogP contribution in [0.4, 0.5) is 17.1 Å². The molecule has 9 nitrogen and oxygen atoms in total. The minimum absolute atomic E-state index is 0.0498. The lowest BCUT2D eigenvalue weighted by atomic mass is 10.1. The van der Waals surface area contributed by atoms with E-state index in [0.717, 1.165) is 24.3 Å². The van der Waals surface area contributed by atoms with Crippen molar-refractivity contribution in [1.82, 2.24) is 4.90 Å². The van der Waals surface area contributed by atoms with Crippen LogP contribution in [0.2, 0.25) is 0 Å². The van der Waals surface area contributed by atoms with Crippen LogP contribution in [-0.2, 0) is 4.79 Å². The van der Waals surface area contributed by atoms with E-state index < -0.39 is 4.92 Å². The summed E-state index contributed by atoms with van der Waals surface area (Å²) in [5.74, 6) is 0.472. The average Bonchev–Trinajstić information content (AvgIpc) is 3.46. The van der Waals surface area contributed by atoms with Crippen molar-refractivity contribution in [3.8, 4) is 11.3 Å². The van der Waals surface area contributed by atoms with E-state index in [1.165, 1.54) is 18.2 Å². The first-order valence-corrected chi connectivity index (χ1v) is 12.9. The Morgan fingerprint density at radius 1 is 0.900 bits per heavy atom. The van der Waals surface area contributed by atoms with Gasteiger partial charge in [-0.15, -0.1) is 0 Å². The SMILES string of the molecule is Cc1ccc(C(=O)N2CCN(c3ccc(NC(=O)C=Cc4ccc(-c5ccccc5[N+](=O)[O-])o4)cc3)CC2)cc1. The molecule has 3 aromatic carbocycles. The molecule has 40 heavy (non-hydrogen) atoms. The fourth-order valence-corrected chi connectivity index (χ4v) is 4.57. The van der Waals surface area contributed by atoms with Crippen molar-refractivity contribution >= 4 is 35.0 Å². The van der Waals surface area contributed by atoms with Gasteiger partial charge >= 0.3 is 0 Å². The van der Waals surface area contributed by atoms with Gasteiger partial charge in [-0.3, -0.25) is 19.7 Å². The average molecular weight is 537 g/mol. The molecule has 1 N–H and O–H groups in total. The van der Waals surface area contributed by atoms with Crippen molar-refractivity contribution < 1.29 is 18.9 Å². The number of carbonyl (C=O) groups is 2. The number of nitrogens with zero attached hydrogens (tertiary/aromatic N) is 3. The van der Waals surface area contributed by atoms with Crippen LogP contribution in [0.15, 0.2) is 95.4 Å². The lowest BCUT2D eigenvalue weighted by molar-refractivity contribution is -0.384. The van der Waals surface area contributed by atoms with Crippen LogP contribution in [0.3, 0.4) is 0 Å². The van der Waals surface area contributed by atoms with Gasteiger partial charge in [-0.25, -0.2) is 0 Å². The minimum atomic E-state index is -0.459. The van der Waals surface area contributed by atoms with Gasteiger partial charge in [-0.1, -0.05) is 29.8 Å². The monoisotopic (exact) mass is 536 g/mol. The zero-order chi connectivity index (χ0) is 28.1. The van der Waals surface area contributed by atoms with Gasteiger partial charge in [-0.05, 0) is 67.6 Å². The second-order valence-electron chi connectivity index (χ2n) is 9.49. The van der Waals surface area contributed by atoms with E-state index in [1.54, 1.807) is 30.3 Å². The van der Waals surface area contributed by atoms with E-state index in [1.807, 2.05) is 60.4 Å². The first-order valence-electron chi connectivity index (χ1n) is 12.9. The first-order chi connectivity index (χ1) is 19.4. The number of carbonyl (C=O) groups excluding carboxylic acids is 2. The molecule has 1 saturated heterocycles. The van der Waals surface area contributed by atoms with Crippen LogP contribution < -0.4 is 10.2 Å². The highest BCUT2D eigenvalue weighted by atomic mass is 16.6. The molecular weight excluding hydrogens is 508 g/mol. The highest BCUT2D eigenvalue weighted by Gasteiger charge is 2.22. The summed E-state index contributed by atoms with van der Waals surface area (Å²) in [5, 5.41) is 14.1. The largest absolute Gasteiger partial charge is 0.456 e. The summed E-state index contributed by atoms with van der Waals surface area (Å²) in [6.07, 6.45) is 2.86.